The molecule has 0 spiro atoms. The van der Waals surface area contributed by atoms with Gasteiger partial charge in [-0.25, -0.2) is 4.98 Å². The molecule has 0 radical (unpaired) electrons. The quantitative estimate of drug-likeness (QED) is 0.107. The van der Waals surface area contributed by atoms with E-state index in [4.69, 9.17) is 15.0 Å². The van der Waals surface area contributed by atoms with Crippen LogP contribution in [0.15, 0.2) is 291 Å². The Morgan fingerprint density at radius 2 is 0.675 bits per heavy atom. The summed E-state index contributed by atoms with van der Waals surface area (Å²) in [5.41, 5.74) is 10.6. The van der Waals surface area contributed by atoms with E-state index in [0.29, 0.717) is 17.6 Å². The van der Waals surface area contributed by atoms with Crippen LogP contribution in [0.25, 0.3) is 126 Å². The summed E-state index contributed by atoms with van der Waals surface area (Å²) < 4.78 is 9.49. The molecule has 5 heterocycles. The zero-order valence-electron chi connectivity index (χ0n) is 44.8. The number of hydrogen-bond donors (Lipinski definition) is 0. The summed E-state index contributed by atoms with van der Waals surface area (Å²) in [5.74, 6) is 1.75. The number of thiophene rings is 1. The lowest BCUT2D eigenvalue weighted by atomic mass is 10.1. The molecular formula is C75H48N6SSi. The van der Waals surface area contributed by atoms with E-state index in [9.17, 15) is 0 Å². The first-order chi connectivity index (χ1) is 41.2. The normalized spacial score (nSPS) is 12.1. The smallest absolute Gasteiger partial charge is 0.238 e. The second kappa shape index (κ2) is 18.8. The van der Waals surface area contributed by atoms with Gasteiger partial charge in [-0.15, -0.1) is 11.3 Å². The van der Waals surface area contributed by atoms with Crippen LogP contribution >= 0.6 is 11.3 Å². The van der Waals surface area contributed by atoms with E-state index in [2.05, 4.69) is 305 Å². The second-order valence-electron chi connectivity index (χ2n) is 21.5. The van der Waals surface area contributed by atoms with Crippen LogP contribution in [0, 0.1) is 0 Å². The fraction of sp³-hybridized carbons (Fsp3) is 0. The zero-order valence-corrected chi connectivity index (χ0v) is 46.6. The van der Waals surface area contributed by atoms with Crippen molar-refractivity contribution in [1.29, 1.82) is 0 Å². The molecule has 0 N–H and O–H groups in total. The third-order valence-electron chi connectivity index (χ3n) is 17.1. The molecule has 17 aromatic rings. The van der Waals surface area contributed by atoms with Crippen molar-refractivity contribution in [1.82, 2.24) is 28.7 Å². The van der Waals surface area contributed by atoms with Crippen molar-refractivity contribution in [3.05, 3.63) is 291 Å². The Hall–Kier alpha value is -10.5. The molecule has 8 heteroatoms. The van der Waals surface area contributed by atoms with Gasteiger partial charge in [0.2, 0.25) is 5.95 Å². The molecular weight excluding hydrogens is 1050 g/mol. The van der Waals surface area contributed by atoms with Crippen LogP contribution < -0.4 is 20.7 Å². The minimum Gasteiger partial charge on any atom is -0.309 e. The molecule has 12 aromatic carbocycles. The molecule has 0 saturated heterocycles. The molecule has 0 atom stereocenters. The lowest BCUT2D eigenvalue weighted by molar-refractivity contribution is 0.954. The first-order valence-corrected chi connectivity index (χ1v) is 31.0. The van der Waals surface area contributed by atoms with Crippen molar-refractivity contribution in [3.8, 4) is 40.1 Å². The van der Waals surface area contributed by atoms with Gasteiger partial charge in [0.15, 0.2) is 19.7 Å². The Bertz CT molecular complexity index is 5020. The van der Waals surface area contributed by atoms with E-state index in [1.54, 1.807) is 11.3 Å². The van der Waals surface area contributed by atoms with Crippen LogP contribution in [0.3, 0.4) is 0 Å². The summed E-state index contributed by atoms with van der Waals surface area (Å²) in [7, 11) is -2.82. The highest BCUT2D eigenvalue weighted by molar-refractivity contribution is 7.26. The fourth-order valence-electron chi connectivity index (χ4n) is 13.5. The van der Waals surface area contributed by atoms with Crippen molar-refractivity contribution in [2.75, 3.05) is 0 Å². The first kappa shape index (κ1) is 47.3. The predicted octanol–water partition coefficient (Wildman–Crippen LogP) is 16.2. The van der Waals surface area contributed by atoms with Crippen LogP contribution in [-0.4, -0.2) is 36.7 Å². The van der Waals surface area contributed by atoms with Gasteiger partial charge in [0.05, 0.1) is 33.1 Å². The molecule has 0 fully saturated rings. The summed E-state index contributed by atoms with van der Waals surface area (Å²) >= 11 is 1.80. The highest BCUT2D eigenvalue weighted by Crippen LogP contribution is 2.42. The van der Waals surface area contributed by atoms with E-state index in [1.807, 2.05) is 0 Å². The average molecular weight is 1090 g/mol. The highest BCUT2D eigenvalue weighted by atomic mass is 32.1. The van der Waals surface area contributed by atoms with Crippen LogP contribution in [0.2, 0.25) is 0 Å². The van der Waals surface area contributed by atoms with E-state index in [-0.39, 0.29) is 0 Å². The molecule has 388 valence electrons. The number of fused-ring (bicyclic) bond motifs is 12. The second-order valence-corrected chi connectivity index (χ2v) is 26.4. The third kappa shape index (κ3) is 7.23. The predicted molar refractivity (Wildman–Crippen MR) is 350 cm³/mol. The Balaban J connectivity index is 0.931. The molecule has 0 unspecified atom stereocenters. The largest absolute Gasteiger partial charge is 0.309 e. The van der Waals surface area contributed by atoms with Crippen molar-refractivity contribution in [2.45, 2.75) is 0 Å². The Morgan fingerprint density at radius 1 is 0.277 bits per heavy atom. The monoisotopic (exact) mass is 1090 g/mol. The van der Waals surface area contributed by atoms with E-state index >= 15 is 0 Å². The summed E-state index contributed by atoms with van der Waals surface area (Å²) in [4.78, 5) is 16.8. The average Bonchev–Trinajstić information content (AvgIpc) is 3.20. The zero-order chi connectivity index (χ0) is 54.6. The van der Waals surface area contributed by atoms with Gasteiger partial charge in [-0.05, 0) is 93.5 Å². The maximum absolute atomic E-state index is 5.63. The van der Waals surface area contributed by atoms with Gasteiger partial charge in [0.1, 0.15) is 0 Å². The topological polar surface area (TPSA) is 53.5 Å². The van der Waals surface area contributed by atoms with Gasteiger partial charge in [-0.1, -0.05) is 218 Å². The Morgan fingerprint density at radius 3 is 1.17 bits per heavy atom. The molecule has 0 aliphatic carbocycles. The van der Waals surface area contributed by atoms with Crippen LogP contribution in [0.4, 0.5) is 0 Å². The summed E-state index contributed by atoms with van der Waals surface area (Å²) in [5, 5.41) is 14.6. The van der Waals surface area contributed by atoms with Crippen LogP contribution in [0.5, 0.6) is 0 Å². The highest BCUT2D eigenvalue weighted by Gasteiger charge is 2.41. The number of aromatic nitrogens is 6. The standard InChI is InChI=1S/C75H48N6SSi/c1-4-21-52(22-5-1)83(53-23-6-2-7-24-53,54-25-8-3-9-26-54)55-43-39-49(40-44-55)73-76-74(61-32-20-38-71-72(61)60-31-14-19-37-70(60)82-71)78-75(77-73)81-68-45-41-50(79-64-33-15-10-27-56(64)57-28-11-16-34-65(57)79)47-62(68)63-48-51(42-46-69(63)81)80-66-35-17-12-29-58(66)59-30-13-18-36-67(59)80/h1-48H. The number of nitrogens with zero attached hydrogens (tertiary/aromatic N) is 6. The van der Waals surface area contributed by atoms with Gasteiger partial charge in [0.25, 0.3) is 0 Å². The summed E-state index contributed by atoms with van der Waals surface area (Å²) in [6, 6.07) is 106. The molecule has 0 amide bonds. The Labute approximate surface area is 482 Å². The van der Waals surface area contributed by atoms with Gasteiger partial charge >= 0.3 is 0 Å². The van der Waals surface area contributed by atoms with E-state index in [1.165, 1.54) is 57.1 Å². The molecule has 5 aromatic heterocycles. The maximum atomic E-state index is 5.63. The number of para-hydroxylation sites is 4. The molecule has 0 saturated carbocycles. The molecule has 83 heavy (non-hydrogen) atoms. The minimum absolute atomic E-state index is 0.543. The van der Waals surface area contributed by atoms with E-state index < -0.39 is 8.07 Å². The summed E-state index contributed by atoms with van der Waals surface area (Å²) in [6.45, 7) is 0. The Kier molecular flexibility index (Phi) is 10.7. The lowest BCUT2D eigenvalue weighted by Gasteiger charge is -2.34. The first-order valence-electron chi connectivity index (χ1n) is 28.2. The van der Waals surface area contributed by atoms with Crippen LogP contribution in [-0.2, 0) is 0 Å². The van der Waals surface area contributed by atoms with Gasteiger partial charge in [-0.3, -0.25) is 4.57 Å². The number of hydrogen-bond acceptors (Lipinski definition) is 4. The molecule has 0 aliphatic rings. The summed E-state index contributed by atoms with van der Waals surface area (Å²) in [6.07, 6.45) is 0. The minimum atomic E-state index is -2.82. The van der Waals surface area contributed by atoms with E-state index in [0.717, 1.165) is 71.8 Å². The number of benzene rings is 12. The maximum Gasteiger partial charge on any atom is 0.238 e. The van der Waals surface area contributed by atoms with Crippen LogP contribution in [0.1, 0.15) is 0 Å². The molecule has 0 bridgehead atoms. The van der Waals surface area contributed by atoms with Gasteiger partial charge in [-0.2, -0.15) is 9.97 Å². The lowest BCUT2D eigenvalue weighted by Crippen LogP contribution is -2.74. The van der Waals surface area contributed by atoms with Crippen molar-refractivity contribution >= 4 is 126 Å². The van der Waals surface area contributed by atoms with Crippen molar-refractivity contribution < 1.29 is 0 Å². The van der Waals surface area contributed by atoms with Gasteiger partial charge < -0.3 is 9.13 Å². The SMILES string of the molecule is c1ccc([Si](c2ccccc2)(c2ccccc2)c2ccc(-c3nc(-c4cccc5sc6ccccc6c45)nc(-n4c5ccc(-n6c7ccccc7c7ccccc76)cc5c5cc(-n6c7ccccc7c7ccccc76)ccc54)n3)cc2)cc1. The molecule has 17 rings (SSSR count). The third-order valence-corrected chi connectivity index (χ3v) is 23.0. The fourth-order valence-corrected chi connectivity index (χ4v) is 19.4. The van der Waals surface area contributed by atoms with Crippen molar-refractivity contribution in [2.24, 2.45) is 0 Å². The van der Waals surface area contributed by atoms with Crippen molar-refractivity contribution in [3.63, 3.8) is 0 Å². The molecule has 6 nitrogen and oxygen atoms in total. The van der Waals surface area contributed by atoms with Gasteiger partial charge in [0, 0.05) is 75.0 Å². The number of rotatable bonds is 9. The molecule has 0 aliphatic heterocycles.